The number of ether oxygens (including phenoxy) is 1. The van der Waals surface area contributed by atoms with Crippen LogP contribution in [-0.4, -0.2) is 67.5 Å². The van der Waals surface area contributed by atoms with Crippen LogP contribution in [0.2, 0.25) is 0 Å². The van der Waals surface area contributed by atoms with Gasteiger partial charge < -0.3 is 20.5 Å². The Kier molecular flexibility index (Phi) is 7.61. The number of hydrogen-bond acceptors (Lipinski definition) is 4. The van der Waals surface area contributed by atoms with Crippen LogP contribution >= 0.6 is 0 Å². The van der Waals surface area contributed by atoms with Gasteiger partial charge in [-0.2, -0.15) is 0 Å². The lowest BCUT2D eigenvalue weighted by atomic mass is 10.1. The Morgan fingerprint density at radius 1 is 1.36 bits per heavy atom. The standard InChI is InChI=1S/C18H29FN4O2/c1-3-20-17(21-12-15-5-4-6-16(19)11-15)22-13-18(2,24)14-23-7-9-25-10-8-23/h4-6,11,24H,3,7-10,12-14H2,1-2H3,(H2,20,21,22). The molecule has 0 radical (unpaired) electrons. The molecule has 0 amide bonds. The highest BCUT2D eigenvalue weighted by atomic mass is 19.1. The van der Waals surface area contributed by atoms with Crippen molar-refractivity contribution in [3.8, 4) is 0 Å². The number of nitrogens with zero attached hydrogens (tertiary/aromatic N) is 2. The zero-order valence-electron chi connectivity index (χ0n) is 15.1. The van der Waals surface area contributed by atoms with E-state index in [4.69, 9.17) is 4.74 Å². The van der Waals surface area contributed by atoms with Crippen LogP contribution in [0, 0.1) is 5.82 Å². The van der Waals surface area contributed by atoms with Gasteiger partial charge in [-0.1, -0.05) is 12.1 Å². The molecule has 1 fully saturated rings. The highest BCUT2D eigenvalue weighted by Crippen LogP contribution is 2.08. The van der Waals surface area contributed by atoms with Crippen molar-refractivity contribution >= 4 is 5.96 Å². The molecule has 1 aromatic rings. The van der Waals surface area contributed by atoms with Crippen LogP contribution < -0.4 is 10.6 Å². The summed E-state index contributed by atoms with van der Waals surface area (Å²) >= 11 is 0. The minimum atomic E-state index is -0.883. The molecule has 0 saturated carbocycles. The van der Waals surface area contributed by atoms with Crippen molar-refractivity contribution in [3.63, 3.8) is 0 Å². The molecule has 1 heterocycles. The fraction of sp³-hybridized carbons (Fsp3) is 0.611. The predicted molar refractivity (Wildman–Crippen MR) is 97.1 cm³/mol. The molecular formula is C18H29FN4O2. The van der Waals surface area contributed by atoms with Crippen LogP contribution in [-0.2, 0) is 11.3 Å². The van der Waals surface area contributed by atoms with Crippen molar-refractivity contribution in [1.29, 1.82) is 0 Å². The maximum absolute atomic E-state index is 13.2. The Balaban J connectivity index is 1.87. The van der Waals surface area contributed by atoms with Crippen molar-refractivity contribution in [2.45, 2.75) is 26.0 Å². The molecule has 1 atom stereocenters. The molecule has 2 rings (SSSR count). The smallest absolute Gasteiger partial charge is 0.191 e. The molecule has 1 aromatic carbocycles. The van der Waals surface area contributed by atoms with Crippen molar-refractivity contribution in [3.05, 3.63) is 35.6 Å². The number of guanidine groups is 1. The number of halogens is 1. The van der Waals surface area contributed by atoms with E-state index in [0.717, 1.165) is 18.7 Å². The summed E-state index contributed by atoms with van der Waals surface area (Å²) in [5.74, 6) is 0.341. The molecule has 1 saturated heterocycles. The minimum absolute atomic E-state index is 0.265. The number of morpholine rings is 1. The lowest BCUT2D eigenvalue weighted by molar-refractivity contribution is -0.0201. The largest absolute Gasteiger partial charge is 0.387 e. The summed E-state index contributed by atoms with van der Waals surface area (Å²) in [4.78, 5) is 6.65. The van der Waals surface area contributed by atoms with Crippen LogP contribution in [0.15, 0.2) is 29.3 Å². The van der Waals surface area contributed by atoms with Crippen LogP contribution in [0.3, 0.4) is 0 Å². The molecule has 140 valence electrons. The highest BCUT2D eigenvalue weighted by Gasteiger charge is 2.25. The Hall–Kier alpha value is -1.70. The topological polar surface area (TPSA) is 69.1 Å². The average Bonchev–Trinajstić information content (AvgIpc) is 2.58. The molecular weight excluding hydrogens is 323 g/mol. The van der Waals surface area contributed by atoms with Gasteiger partial charge in [0.1, 0.15) is 5.82 Å². The van der Waals surface area contributed by atoms with Crippen LogP contribution in [0.4, 0.5) is 4.39 Å². The van der Waals surface area contributed by atoms with Crippen LogP contribution in [0.1, 0.15) is 19.4 Å². The summed E-state index contributed by atoms with van der Waals surface area (Å²) in [6.45, 7) is 8.92. The maximum atomic E-state index is 13.2. The fourth-order valence-electron chi connectivity index (χ4n) is 2.72. The number of hydrogen-bond donors (Lipinski definition) is 3. The third-order valence-electron chi connectivity index (χ3n) is 3.96. The molecule has 7 heteroatoms. The van der Waals surface area contributed by atoms with Crippen molar-refractivity contribution in [1.82, 2.24) is 15.5 Å². The molecule has 0 bridgehead atoms. The van der Waals surface area contributed by atoms with Gasteiger partial charge in [0.25, 0.3) is 0 Å². The van der Waals surface area contributed by atoms with E-state index < -0.39 is 5.60 Å². The van der Waals surface area contributed by atoms with Gasteiger partial charge in [0, 0.05) is 32.7 Å². The summed E-state index contributed by atoms with van der Waals surface area (Å²) in [6.07, 6.45) is 0. The second-order valence-corrected chi connectivity index (χ2v) is 6.56. The van der Waals surface area contributed by atoms with Gasteiger partial charge in [0.15, 0.2) is 5.96 Å². The first-order chi connectivity index (χ1) is 12.0. The first kappa shape index (κ1) is 19.6. The predicted octanol–water partition coefficient (Wildman–Crippen LogP) is 0.964. The van der Waals surface area contributed by atoms with Gasteiger partial charge in [-0.3, -0.25) is 4.90 Å². The number of rotatable bonds is 7. The molecule has 0 aliphatic carbocycles. The number of β-amino-alcohol motifs (C(OH)–C–C–N with tert-alkyl or cyclic N) is 1. The Morgan fingerprint density at radius 2 is 2.12 bits per heavy atom. The van der Waals surface area contributed by atoms with E-state index in [1.54, 1.807) is 6.07 Å². The van der Waals surface area contributed by atoms with E-state index in [2.05, 4.69) is 20.5 Å². The van der Waals surface area contributed by atoms with Gasteiger partial charge in [-0.25, -0.2) is 9.38 Å². The molecule has 25 heavy (non-hydrogen) atoms. The molecule has 0 spiro atoms. The molecule has 1 aliphatic rings. The first-order valence-electron chi connectivity index (χ1n) is 8.77. The molecule has 6 nitrogen and oxygen atoms in total. The van der Waals surface area contributed by atoms with Gasteiger partial charge >= 0.3 is 0 Å². The quantitative estimate of drug-likeness (QED) is 0.504. The zero-order chi connectivity index (χ0) is 18.1. The third-order valence-corrected chi connectivity index (χ3v) is 3.96. The van der Waals surface area contributed by atoms with Crippen molar-refractivity contribution in [2.24, 2.45) is 4.99 Å². The highest BCUT2D eigenvalue weighted by molar-refractivity contribution is 5.79. The summed E-state index contributed by atoms with van der Waals surface area (Å²) in [6, 6.07) is 6.40. The van der Waals surface area contributed by atoms with Gasteiger partial charge in [-0.15, -0.1) is 0 Å². The first-order valence-corrected chi connectivity index (χ1v) is 8.77. The molecule has 1 aliphatic heterocycles. The maximum Gasteiger partial charge on any atom is 0.191 e. The second-order valence-electron chi connectivity index (χ2n) is 6.56. The van der Waals surface area contributed by atoms with Gasteiger partial charge in [0.2, 0.25) is 0 Å². The monoisotopic (exact) mass is 352 g/mol. The lowest BCUT2D eigenvalue weighted by Gasteiger charge is -2.34. The Labute approximate surface area is 149 Å². The summed E-state index contributed by atoms with van der Waals surface area (Å²) < 4.78 is 18.6. The van der Waals surface area contributed by atoms with E-state index in [0.29, 0.717) is 45.4 Å². The number of aliphatic hydroxyl groups is 1. The minimum Gasteiger partial charge on any atom is -0.387 e. The van der Waals surface area contributed by atoms with Gasteiger partial charge in [-0.05, 0) is 31.5 Å². The SMILES string of the molecule is CCNC(=NCc1cccc(F)c1)NCC(C)(O)CN1CCOCC1. The van der Waals surface area contributed by atoms with Crippen LogP contribution in [0.5, 0.6) is 0 Å². The molecule has 0 aromatic heterocycles. The van der Waals surface area contributed by atoms with Crippen molar-refractivity contribution in [2.75, 3.05) is 45.9 Å². The van der Waals surface area contributed by atoms with Gasteiger partial charge in [0.05, 0.1) is 25.4 Å². The second kappa shape index (κ2) is 9.70. The van der Waals surface area contributed by atoms with E-state index in [1.807, 2.05) is 19.9 Å². The fourth-order valence-corrected chi connectivity index (χ4v) is 2.72. The van der Waals surface area contributed by atoms with E-state index in [1.165, 1.54) is 12.1 Å². The number of nitrogens with one attached hydrogen (secondary N) is 2. The van der Waals surface area contributed by atoms with Crippen LogP contribution in [0.25, 0.3) is 0 Å². The summed E-state index contributed by atoms with van der Waals surface area (Å²) in [5.41, 5.74) is -0.0795. The summed E-state index contributed by atoms with van der Waals surface area (Å²) in [7, 11) is 0. The van der Waals surface area contributed by atoms with E-state index in [-0.39, 0.29) is 5.82 Å². The number of aliphatic imine (C=N–C) groups is 1. The Bertz CT molecular complexity index is 560. The van der Waals surface area contributed by atoms with Crippen molar-refractivity contribution < 1.29 is 14.2 Å². The lowest BCUT2D eigenvalue weighted by Crippen LogP contribution is -2.52. The van der Waals surface area contributed by atoms with E-state index in [9.17, 15) is 9.50 Å². The summed E-state index contributed by atoms with van der Waals surface area (Å²) in [5, 5.41) is 16.9. The van der Waals surface area contributed by atoms with E-state index >= 15 is 0 Å². The number of benzene rings is 1. The molecule has 3 N–H and O–H groups in total. The average molecular weight is 352 g/mol. The normalized spacial score (nSPS) is 18.6. The molecule has 1 unspecified atom stereocenters. The third kappa shape index (κ3) is 7.37. The Morgan fingerprint density at radius 3 is 2.80 bits per heavy atom. The zero-order valence-corrected chi connectivity index (χ0v) is 15.1.